The summed E-state index contributed by atoms with van der Waals surface area (Å²) in [6, 6.07) is 17.5. The van der Waals surface area contributed by atoms with E-state index < -0.39 is 6.10 Å². The molecular weight excluding hydrogens is 238 g/mol. The maximum atomic E-state index is 10.2. The SMILES string of the molecule is COc1ccccc1C(O)CCNc1ccccc1. The van der Waals surface area contributed by atoms with Crippen LogP contribution in [-0.2, 0) is 0 Å². The highest BCUT2D eigenvalue weighted by molar-refractivity contribution is 5.42. The van der Waals surface area contributed by atoms with Crippen molar-refractivity contribution in [2.75, 3.05) is 19.0 Å². The van der Waals surface area contributed by atoms with Crippen molar-refractivity contribution >= 4 is 5.69 Å². The number of para-hydroxylation sites is 2. The first-order chi connectivity index (χ1) is 9.31. The fraction of sp³-hybridized carbons (Fsp3) is 0.250. The monoisotopic (exact) mass is 257 g/mol. The number of hydrogen-bond donors (Lipinski definition) is 2. The van der Waals surface area contributed by atoms with Crippen LogP contribution in [0.2, 0.25) is 0 Å². The van der Waals surface area contributed by atoms with Crippen molar-refractivity contribution in [2.45, 2.75) is 12.5 Å². The molecule has 0 aliphatic heterocycles. The zero-order valence-electron chi connectivity index (χ0n) is 11.0. The third-order valence-electron chi connectivity index (χ3n) is 3.02. The standard InChI is InChI=1S/C16H19NO2/c1-19-16-10-6-5-9-14(16)15(18)11-12-17-13-7-3-2-4-8-13/h2-10,15,17-18H,11-12H2,1H3. The molecule has 0 spiro atoms. The first-order valence-electron chi connectivity index (χ1n) is 6.41. The van der Waals surface area contributed by atoms with Crippen molar-refractivity contribution in [1.82, 2.24) is 0 Å². The van der Waals surface area contributed by atoms with Crippen LogP contribution in [0.5, 0.6) is 5.75 Å². The van der Waals surface area contributed by atoms with E-state index in [1.165, 1.54) is 0 Å². The molecule has 1 atom stereocenters. The quantitative estimate of drug-likeness (QED) is 0.834. The molecule has 0 bridgehead atoms. The number of ether oxygens (including phenoxy) is 1. The van der Waals surface area contributed by atoms with Crippen LogP contribution in [0.3, 0.4) is 0 Å². The van der Waals surface area contributed by atoms with Gasteiger partial charge in [-0.3, -0.25) is 0 Å². The summed E-state index contributed by atoms with van der Waals surface area (Å²) in [7, 11) is 1.62. The molecule has 100 valence electrons. The number of anilines is 1. The average molecular weight is 257 g/mol. The van der Waals surface area contributed by atoms with Crippen LogP contribution in [0, 0.1) is 0 Å². The van der Waals surface area contributed by atoms with Gasteiger partial charge in [-0.25, -0.2) is 0 Å². The number of rotatable bonds is 6. The molecule has 2 aromatic carbocycles. The topological polar surface area (TPSA) is 41.5 Å². The third-order valence-corrected chi connectivity index (χ3v) is 3.02. The molecule has 1 unspecified atom stereocenters. The van der Waals surface area contributed by atoms with Crippen LogP contribution in [0.4, 0.5) is 5.69 Å². The second kappa shape index (κ2) is 6.81. The normalized spacial score (nSPS) is 11.9. The van der Waals surface area contributed by atoms with E-state index in [2.05, 4.69) is 5.32 Å². The van der Waals surface area contributed by atoms with E-state index in [0.717, 1.165) is 17.0 Å². The Bertz CT molecular complexity index is 499. The van der Waals surface area contributed by atoms with E-state index in [9.17, 15) is 5.11 Å². The van der Waals surface area contributed by atoms with Gasteiger partial charge in [0.05, 0.1) is 13.2 Å². The summed E-state index contributed by atoms with van der Waals surface area (Å²) in [4.78, 5) is 0. The van der Waals surface area contributed by atoms with Crippen molar-refractivity contribution in [1.29, 1.82) is 0 Å². The van der Waals surface area contributed by atoms with E-state index in [1.54, 1.807) is 7.11 Å². The lowest BCUT2D eigenvalue weighted by molar-refractivity contribution is 0.167. The summed E-state index contributed by atoms with van der Waals surface area (Å²) in [6.07, 6.45) is 0.113. The zero-order chi connectivity index (χ0) is 13.5. The molecule has 19 heavy (non-hydrogen) atoms. The molecule has 0 amide bonds. The summed E-state index contributed by atoms with van der Waals surface area (Å²) < 4.78 is 5.25. The molecule has 0 heterocycles. The molecule has 2 aromatic rings. The predicted molar refractivity (Wildman–Crippen MR) is 77.5 cm³/mol. The largest absolute Gasteiger partial charge is 0.496 e. The van der Waals surface area contributed by atoms with E-state index in [1.807, 2.05) is 54.6 Å². The number of aliphatic hydroxyl groups is 1. The van der Waals surface area contributed by atoms with Crippen molar-refractivity contribution in [3.8, 4) is 5.75 Å². The Labute approximate surface area is 113 Å². The maximum absolute atomic E-state index is 10.2. The second-order valence-electron chi connectivity index (χ2n) is 4.34. The molecule has 2 N–H and O–H groups in total. The minimum absolute atomic E-state index is 0.521. The number of nitrogens with one attached hydrogen (secondary N) is 1. The molecule has 3 nitrogen and oxygen atoms in total. The van der Waals surface area contributed by atoms with Crippen LogP contribution < -0.4 is 10.1 Å². The number of methoxy groups -OCH3 is 1. The van der Waals surface area contributed by atoms with Gasteiger partial charge in [0.2, 0.25) is 0 Å². The van der Waals surface area contributed by atoms with Crippen LogP contribution >= 0.6 is 0 Å². The lowest BCUT2D eigenvalue weighted by atomic mass is 10.1. The highest BCUT2D eigenvalue weighted by Gasteiger charge is 2.11. The molecule has 3 heteroatoms. The predicted octanol–water partition coefficient (Wildman–Crippen LogP) is 3.23. The van der Waals surface area contributed by atoms with Gasteiger partial charge in [0.1, 0.15) is 5.75 Å². The molecule has 0 aliphatic carbocycles. The molecule has 0 aliphatic rings. The smallest absolute Gasteiger partial charge is 0.124 e. The number of benzene rings is 2. The molecule has 0 aromatic heterocycles. The fourth-order valence-electron chi connectivity index (χ4n) is 2.01. The number of aliphatic hydroxyl groups excluding tert-OH is 1. The Kier molecular flexibility index (Phi) is 4.81. The van der Waals surface area contributed by atoms with E-state index >= 15 is 0 Å². The van der Waals surface area contributed by atoms with Crippen LogP contribution in [0.15, 0.2) is 54.6 Å². The van der Waals surface area contributed by atoms with Crippen molar-refractivity contribution in [2.24, 2.45) is 0 Å². The average Bonchev–Trinajstić information content (AvgIpc) is 2.48. The van der Waals surface area contributed by atoms with Crippen molar-refractivity contribution in [3.63, 3.8) is 0 Å². The van der Waals surface area contributed by atoms with Gasteiger partial charge >= 0.3 is 0 Å². The lowest BCUT2D eigenvalue weighted by Crippen LogP contribution is -2.08. The Balaban J connectivity index is 1.89. The molecule has 0 saturated carbocycles. The van der Waals surface area contributed by atoms with Crippen LogP contribution in [-0.4, -0.2) is 18.8 Å². The van der Waals surface area contributed by atoms with E-state index in [4.69, 9.17) is 4.74 Å². The Morgan fingerprint density at radius 3 is 2.47 bits per heavy atom. The van der Waals surface area contributed by atoms with Crippen molar-refractivity contribution in [3.05, 3.63) is 60.2 Å². The summed E-state index contributed by atoms with van der Waals surface area (Å²) in [5.74, 6) is 0.731. The van der Waals surface area contributed by atoms with Gasteiger partial charge < -0.3 is 15.2 Å². The van der Waals surface area contributed by atoms with Gasteiger partial charge in [0, 0.05) is 17.8 Å². The van der Waals surface area contributed by atoms with Crippen LogP contribution in [0.1, 0.15) is 18.1 Å². The fourth-order valence-corrected chi connectivity index (χ4v) is 2.01. The minimum Gasteiger partial charge on any atom is -0.496 e. The minimum atomic E-state index is -0.521. The summed E-state index contributed by atoms with van der Waals surface area (Å²) in [5, 5.41) is 13.5. The van der Waals surface area contributed by atoms with E-state index in [-0.39, 0.29) is 0 Å². The summed E-state index contributed by atoms with van der Waals surface area (Å²) in [6.45, 7) is 0.712. The summed E-state index contributed by atoms with van der Waals surface area (Å²) >= 11 is 0. The van der Waals surface area contributed by atoms with E-state index in [0.29, 0.717) is 13.0 Å². The number of hydrogen-bond acceptors (Lipinski definition) is 3. The van der Waals surface area contributed by atoms with Crippen molar-refractivity contribution < 1.29 is 9.84 Å². The Hall–Kier alpha value is -2.00. The molecule has 2 rings (SSSR count). The van der Waals surface area contributed by atoms with Gasteiger partial charge in [-0.2, -0.15) is 0 Å². The lowest BCUT2D eigenvalue weighted by Gasteiger charge is -2.15. The molecule has 0 radical (unpaired) electrons. The Morgan fingerprint density at radius 2 is 1.74 bits per heavy atom. The van der Waals surface area contributed by atoms with Crippen LogP contribution in [0.25, 0.3) is 0 Å². The first-order valence-corrected chi connectivity index (χ1v) is 6.41. The van der Waals surface area contributed by atoms with Gasteiger partial charge in [0.25, 0.3) is 0 Å². The highest BCUT2D eigenvalue weighted by atomic mass is 16.5. The van der Waals surface area contributed by atoms with Gasteiger partial charge in [-0.05, 0) is 24.6 Å². The first kappa shape index (κ1) is 13.4. The summed E-state index contributed by atoms with van der Waals surface area (Å²) in [5.41, 5.74) is 1.90. The zero-order valence-corrected chi connectivity index (χ0v) is 11.0. The molecule has 0 saturated heterocycles. The molecule has 0 fully saturated rings. The van der Waals surface area contributed by atoms with Gasteiger partial charge in [-0.15, -0.1) is 0 Å². The second-order valence-corrected chi connectivity index (χ2v) is 4.34. The molecular formula is C16H19NO2. The van der Waals surface area contributed by atoms with Gasteiger partial charge in [0.15, 0.2) is 0 Å². The highest BCUT2D eigenvalue weighted by Crippen LogP contribution is 2.26. The van der Waals surface area contributed by atoms with Gasteiger partial charge in [-0.1, -0.05) is 36.4 Å². The Morgan fingerprint density at radius 1 is 1.05 bits per heavy atom. The third kappa shape index (κ3) is 3.73. The maximum Gasteiger partial charge on any atom is 0.124 e.